The van der Waals surface area contributed by atoms with Crippen molar-refractivity contribution in [1.82, 2.24) is 4.98 Å². The molecule has 0 amide bonds. The van der Waals surface area contributed by atoms with Crippen molar-refractivity contribution in [2.45, 2.75) is 40.4 Å². The molecule has 0 radical (unpaired) electrons. The zero-order valence-electron chi connectivity index (χ0n) is 22.3. The first-order valence-corrected chi connectivity index (χ1v) is 8.47. The highest BCUT2D eigenvalue weighted by Gasteiger charge is 2.22. The predicted octanol–water partition coefficient (Wildman–Crippen LogP) is 5.52. The lowest BCUT2D eigenvalue weighted by molar-refractivity contribution is -0.660. The number of nitrogens with zero attached hydrogens (tertiary/aromatic N) is 2. The number of hydrogen-bond donors (Lipinski definition) is 0. The van der Waals surface area contributed by atoms with Gasteiger partial charge in [-0.2, -0.15) is 0 Å². The third-order valence-electron chi connectivity index (χ3n) is 4.79. The van der Waals surface area contributed by atoms with Crippen molar-refractivity contribution < 1.29 is 18.6 Å². The Hall–Kier alpha value is -2.68. The summed E-state index contributed by atoms with van der Waals surface area (Å²) in [7, 11) is 1.83. The normalized spacial score (nSPS) is 19.0. The molecule has 1 atom stereocenters. The van der Waals surface area contributed by atoms with Crippen LogP contribution in [0.2, 0.25) is 0 Å². The molecule has 0 fully saturated rings. The Morgan fingerprint density at radius 3 is 2.81 bits per heavy atom. The number of fused-ring (bicyclic) bond motifs is 3. The Balaban J connectivity index is 2.09. The van der Waals surface area contributed by atoms with Crippen LogP contribution in [0.4, 0.5) is 0 Å². The lowest BCUT2D eigenvalue weighted by atomic mass is 9.97. The van der Waals surface area contributed by atoms with Crippen LogP contribution in [0.25, 0.3) is 33.3 Å². The molecule has 3 aromatic heterocycles. The van der Waals surface area contributed by atoms with Gasteiger partial charge in [-0.3, -0.25) is 0 Å². The first-order chi connectivity index (χ1) is 15.1. The minimum atomic E-state index is -2.51. The summed E-state index contributed by atoms with van der Waals surface area (Å²) in [6.45, 7) is 0.151. The topological polar surface area (TPSA) is 29.9 Å². The van der Waals surface area contributed by atoms with E-state index in [0.29, 0.717) is 38.9 Å². The molecule has 4 rings (SSSR count). The van der Waals surface area contributed by atoms with E-state index in [1.807, 2.05) is 30.7 Å². The molecule has 26 heavy (non-hydrogen) atoms. The van der Waals surface area contributed by atoms with Gasteiger partial charge in [-0.05, 0) is 49.4 Å². The van der Waals surface area contributed by atoms with Crippen LogP contribution in [0.15, 0.2) is 40.9 Å². The van der Waals surface area contributed by atoms with Gasteiger partial charge < -0.3 is 4.42 Å². The van der Waals surface area contributed by atoms with E-state index >= 15 is 0 Å². The predicted molar refractivity (Wildman–Crippen MR) is 106 cm³/mol. The number of furan rings is 1. The van der Waals surface area contributed by atoms with Gasteiger partial charge in [-0.1, -0.05) is 25.9 Å². The van der Waals surface area contributed by atoms with E-state index < -0.39 is 19.6 Å². The van der Waals surface area contributed by atoms with Crippen LogP contribution in [0, 0.1) is 20.7 Å². The third kappa shape index (κ3) is 2.50. The van der Waals surface area contributed by atoms with E-state index in [0.717, 1.165) is 5.56 Å². The third-order valence-corrected chi connectivity index (χ3v) is 4.79. The fourth-order valence-corrected chi connectivity index (χ4v) is 3.43. The van der Waals surface area contributed by atoms with Crippen LogP contribution in [0.5, 0.6) is 0 Å². The van der Waals surface area contributed by atoms with Crippen LogP contribution >= 0.6 is 0 Å². The van der Waals surface area contributed by atoms with Crippen molar-refractivity contribution in [2.75, 3.05) is 0 Å². The SMILES string of the molecule is [2H]C([2H])([2H])c1cc(C)nc2oc3c(-c4cc(C([2H])(C)C([2H])([2H])[2H])cc[n+]4C)c(C)ccc3c12. The van der Waals surface area contributed by atoms with Crippen molar-refractivity contribution in [3.05, 3.63) is 58.9 Å². The molecule has 0 aliphatic rings. The van der Waals surface area contributed by atoms with E-state index in [-0.39, 0.29) is 11.3 Å². The van der Waals surface area contributed by atoms with E-state index in [9.17, 15) is 0 Å². The molecule has 0 saturated carbocycles. The molecule has 1 aromatic carbocycles. The quantitative estimate of drug-likeness (QED) is 0.445. The smallest absolute Gasteiger partial charge is 0.227 e. The molecular formula is C23H25N2O+. The molecule has 3 heterocycles. The van der Waals surface area contributed by atoms with Gasteiger partial charge in [-0.25, -0.2) is 9.55 Å². The van der Waals surface area contributed by atoms with Crippen LogP contribution < -0.4 is 4.57 Å². The van der Waals surface area contributed by atoms with E-state index in [1.54, 1.807) is 31.3 Å². The highest BCUT2D eigenvalue weighted by Crippen LogP contribution is 2.38. The van der Waals surface area contributed by atoms with Gasteiger partial charge in [0, 0.05) is 32.8 Å². The van der Waals surface area contributed by atoms with Gasteiger partial charge in [0.2, 0.25) is 11.4 Å². The average Bonchev–Trinajstić information content (AvgIpc) is 3.04. The highest BCUT2D eigenvalue weighted by molar-refractivity contribution is 6.10. The maximum atomic E-state index is 8.51. The maximum absolute atomic E-state index is 8.51. The van der Waals surface area contributed by atoms with Crippen molar-refractivity contribution in [2.24, 2.45) is 7.05 Å². The summed E-state index contributed by atoms with van der Waals surface area (Å²) < 4.78 is 63.9. The van der Waals surface area contributed by atoms with Crippen molar-refractivity contribution in [1.29, 1.82) is 0 Å². The highest BCUT2D eigenvalue weighted by atomic mass is 16.3. The Kier molecular flexibility index (Phi) is 2.39. The molecule has 0 saturated heterocycles. The lowest BCUT2D eigenvalue weighted by Crippen LogP contribution is -2.31. The molecule has 0 aliphatic heterocycles. The summed E-state index contributed by atoms with van der Waals surface area (Å²) >= 11 is 0. The van der Waals surface area contributed by atoms with Gasteiger partial charge >= 0.3 is 0 Å². The van der Waals surface area contributed by atoms with Gasteiger partial charge in [-0.15, -0.1) is 0 Å². The first-order valence-electron chi connectivity index (χ1n) is 12.0. The number of hydrogen-bond acceptors (Lipinski definition) is 2. The van der Waals surface area contributed by atoms with E-state index in [4.69, 9.17) is 14.0 Å². The number of benzene rings is 1. The standard InChI is InChI=1S/C23H25N2O/c1-13(2)17-9-10-25(6)19(12-17)21-14(3)7-8-18-20-15(4)11-16(5)24-23(20)26-22(18)21/h7-13H,1-6H3/q+1/i1D3,4D3,13D. The molecule has 0 bridgehead atoms. The maximum Gasteiger partial charge on any atom is 0.227 e. The summed E-state index contributed by atoms with van der Waals surface area (Å²) in [5, 5.41) is 1.07. The van der Waals surface area contributed by atoms with Crippen LogP contribution in [-0.4, -0.2) is 4.98 Å². The second-order valence-electron chi connectivity index (χ2n) is 6.76. The molecule has 3 nitrogen and oxygen atoms in total. The second kappa shape index (κ2) is 5.94. The summed E-state index contributed by atoms with van der Waals surface area (Å²) in [4.78, 5) is 4.44. The number of aryl methyl sites for hydroxylation is 4. The fourth-order valence-electron chi connectivity index (χ4n) is 3.43. The Labute approximate surface area is 164 Å². The minimum Gasteiger partial charge on any atom is -0.437 e. The second-order valence-corrected chi connectivity index (χ2v) is 6.76. The molecule has 0 aliphatic carbocycles. The molecule has 1 unspecified atom stereocenters. The summed E-state index contributed by atoms with van der Waals surface area (Å²) in [6.07, 6.45) is 1.72. The Morgan fingerprint density at radius 2 is 2.04 bits per heavy atom. The molecule has 3 heteroatoms. The summed E-state index contributed by atoms with van der Waals surface area (Å²) in [5.41, 5.74) is 4.01. The molecule has 0 spiro atoms. The molecular weight excluding hydrogens is 320 g/mol. The van der Waals surface area contributed by atoms with Gasteiger partial charge in [0.15, 0.2) is 11.8 Å². The number of aromatic nitrogens is 2. The molecule has 0 N–H and O–H groups in total. The average molecular weight is 353 g/mol. The van der Waals surface area contributed by atoms with Crippen molar-refractivity contribution in [3.8, 4) is 11.3 Å². The van der Waals surface area contributed by atoms with Gasteiger partial charge in [0.05, 0.1) is 10.9 Å². The van der Waals surface area contributed by atoms with E-state index in [2.05, 4.69) is 4.98 Å². The zero-order chi connectivity index (χ0) is 24.5. The summed E-state index contributed by atoms with van der Waals surface area (Å²) in [6, 6.07) is 8.60. The van der Waals surface area contributed by atoms with Crippen molar-refractivity contribution >= 4 is 22.1 Å². The fraction of sp³-hybridized carbons (Fsp3) is 0.304. The first kappa shape index (κ1) is 10.5. The van der Waals surface area contributed by atoms with Gasteiger partial charge in [0.1, 0.15) is 7.05 Å². The Bertz CT molecular complexity index is 1400. The Morgan fingerprint density at radius 1 is 1.19 bits per heavy atom. The monoisotopic (exact) mass is 352 g/mol. The zero-order valence-corrected chi connectivity index (χ0v) is 15.3. The van der Waals surface area contributed by atoms with E-state index in [1.165, 1.54) is 6.92 Å². The number of pyridine rings is 2. The summed E-state index contributed by atoms with van der Waals surface area (Å²) in [5.74, 6) is -1.81. The molecule has 4 aromatic rings. The minimum absolute atomic E-state index is 0.179. The number of rotatable bonds is 2. The molecule has 132 valence electrons. The van der Waals surface area contributed by atoms with Crippen LogP contribution in [-0.2, 0) is 7.05 Å². The van der Waals surface area contributed by atoms with Crippen LogP contribution in [0.3, 0.4) is 0 Å². The largest absolute Gasteiger partial charge is 0.437 e. The lowest BCUT2D eigenvalue weighted by Gasteiger charge is -2.09. The van der Waals surface area contributed by atoms with Crippen molar-refractivity contribution in [3.63, 3.8) is 0 Å². The van der Waals surface area contributed by atoms with Gasteiger partial charge in [0.25, 0.3) is 0 Å². The van der Waals surface area contributed by atoms with Crippen LogP contribution in [0.1, 0.15) is 51.6 Å².